The summed E-state index contributed by atoms with van der Waals surface area (Å²) >= 11 is 0. The Labute approximate surface area is 93.4 Å². The number of carbonyl (C=O) groups is 1. The molecule has 0 aliphatic rings. The third-order valence-corrected chi connectivity index (χ3v) is 1.92. The van der Waals surface area contributed by atoms with Gasteiger partial charge in [0.25, 0.3) is 0 Å². The number of nitrogens with two attached hydrogens (primary N) is 2. The van der Waals surface area contributed by atoms with Gasteiger partial charge in [-0.2, -0.15) is 0 Å². The molecular formula is C11H14N4O. The fraction of sp³-hybridized carbons (Fsp3) is 0. The summed E-state index contributed by atoms with van der Waals surface area (Å²) in [6.07, 6.45) is 0. The van der Waals surface area contributed by atoms with E-state index in [4.69, 9.17) is 0 Å². The van der Waals surface area contributed by atoms with E-state index in [-0.39, 0.29) is 0 Å². The van der Waals surface area contributed by atoms with Gasteiger partial charge in [0.05, 0.1) is 0 Å². The van der Waals surface area contributed by atoms with Crippen molar-refractivity contribution in [2.75, 3.05) is 0 Å². The van der Waals surface area contributed by atoms with Crippen molar-refractivity contribution in [1.29, 1.82) is 0 Å². The number of hydrogen-bond acceptors (Lipinski definition) is 3. The van der Waals surface area contributed by atoms with Crippen molar-refractivity contribution in [3.63, 3.8) is 0 Å². The van der Waals surface area contributed by atoms with Crippen molar-refractivity contribution >= 4 is 16.8 Å². The van der Waals surface area contributed by atoms with Gasteiger partial charge in [0.15, 0.2) is 0 Å². The second-order valence-corrected chi connectivity index (χ2v) is 2.96. The summed E-state index contributed by atoms with van der Waals surface area (Å²) in [7, 11) is 0. The second-order valence-electron chi connectivity index (χ2n) is 2.96. The van der Waals surface area contributed by atoms with Gasteiger partial charge in [0.2, 0.25) is 0 Å². The van der Waals surface area contributed by atoms with Crippen molar-refractivity contribution in [1.82, 2.24) is 10.9 Å². The van der Waals surface area contributed by atoms with Gasteiger partial charge in [0, 0.05) is 0 Å². The summed E-state index contributed by atoms with van der Waals surface area (Å²) in [5, 5.41) is 2.62. The molecule has 16 heavy (non-hydrogen) atoms. The van der Waals surface area contributed by atoms with Crippen LogP contribution in [0.15, 0.2) is 48.5 Å². The number of nitrogens with one attached hydrogen (secondary N) is 2. The zero-order valence-corrected chi connectivity index (χ0v) is 8.68. The molecule has 0 saturated heterocycles. The lowest BCUT2D eigenvalue weighted by molar-refractivity contribution is 0.241. The molecule has 6 N–H and O–H groups in total. The van der Waals surface area contributed by atoms with Crippen molar-refractivity contribution in [3.05, 3.63) is 48.5 Å². The Balaban J connectivity index is 0.000000187. The van der Waals surface area contributed by atoms with E-state index in [2.05, 4.69) is 60.2 Å². The van der Waals surface area contributed by atoms with E-state index in [1.165, 1.54) is 10.8 Å². The number of fused-ring (bicyclic) bond motifs is 1. The highest BCUT2D eigenvalue weighted by molar-refractivity contribution is 5.82. The first kappa shape index (κ1) is 12.0. The van der Waals surface area contributed by atoms with Gasteiger partial charge in [-0.15, -0.1) is 0 Å². The fourth-order valence-electron chi connectivity index (χ4n) is 1.17. The molecule has 0 fully saturated rings. The largest absolute Gasteiger partial charge is 0.343 e. The molecule has 0 aromatic heterocycles. The van der Waals surface area contributed by atoms with Gasteiger partial charge in [-0.3, -0.25) is 10.9 Å². The molecule has 0 atom stereocenters. The summed E-state index contributed by atoms with van der Waals surface area (Å²) in [5.41, 5.74) is 3.48. The molecule has 0 unspecified atom stereocenters. The van der Waals surface area contributed by atoms with E-state index in [1.54, 1.807) is 10.9 Å². The summed E-state index contributed by atoms with van der Waals surface area (Å²) in [6, 6.07) is 16.1. The lowest BCUT2D eigenvalue weighted by Crippen LogP contribution is -2.43. The van der Waals surface area contributed by atoms with Crippen molar-refractivity contribution in [2.24, 2.45) is 11.7 Å². The van der Waals surface area contributed by atoms with Gasteiger partial charge in [-0.05, 0) is 10.8 Å². The van der Waals surface area contributed by atoms with Crippen LogP contribution in [-0.4, -0.2) is 6.03 Å². The first-order valence-corrected chi connectivity index (χ1v) is 4.69. The Morgan fingerprint density at radius 3 is 1.31 bits per heavy atom. The van der Waals surface area contributed by atoms with Crippen LogP contribution in [0.4, 0.5) is 4.79 Å². The Morgan fingerprint density at radius 1 is 0.812 bits per heavy atom. The third-order valence-electron chi connectivity index (χ3n) is 1.92. The molecule has 5 heteroatoms. The summed E-state index contributed by atoms with van der Waals surface area (Å²) < 4.78 is 0. The average molecular weight is 218 g/mol. The highest BCUT2D eigenvalue weighted by atomic mass is 16.2. The maximum atomic E-state index is 9.71. The summed E-state index contributed by atoms with van der Waals surface area (Å²) in [6.45, 7) is 0. The van der Waals surface area contributed by atoms with Gasteiger partial charge < -0.3 is 0 Å². The first-order valence-electron chi connectivity index (χ1n) is 4.69. The smallest absolute Gasteiger partial charge is 0.275 e. The monoisotopic (exact) mass is 218 g/mol. The molecule has 2 aromatic rings. The number of hydrazine groups is 2. The van der Waals surface area contributed by atoms with Crippen LogP contribution in [0, 0.1) is 0 Å². The maximum Gasteiger partial charge on any atom is 0.343 e. The molecule has 2 aromatic carbocycles. The molecule has 0 heterocycles. The minimum absolute atomic E-state index is 0.602. The zero-order chi connectivity index (χ0) is 11.8. The van der Waals surface area contributed by atoms with Gasteiger partial charge in [0.1, 0.15) is 0 Å². The van der Waals surface area contributed by atoms with E-state index in [9.17, 15) is 4.79 Å². The highest BCUT2D eigenvalue weighted by Gasteiger charge is 1.85. The number of amides is 2. The predicted octanol–water partition coefficient (Wildman–Crippen LogP) is 0.873. The SMILES string of the molecule is NNC(=O)NN.c1ccc2ccccc2c1. The molecule has 2 rings (SSSR count). The number of hydrogen-bond donors (Lipinski definition) is 4. The van der Waals surface area contributed by atoms with Crippen molar-refractivity contribution in [2.45, 2.75) is 0 Å². The van der Waals surface area contributed by atoms with Crippen molar-refractivity contribution in [3.8, 4) is 0 Å². The summed E-state index contributed by atoms with van der Waals surface area (Å²) in [5.74, 6) is 9.08. The molecule has 5 nitrogen and oxygen atoms in total. The Hall–Kier alpha value is -2.11. The van der Waals surface area contributed by atoms with Crippen LogP contribution in [0.1, 0.15) is 0 Å². The van der Waals surface area contributed by atoms with Crippen LogP contribution in [0.2, 0.25) is 0 Å². The molecule has 0 aliphatic carbocycles. The average Bonchev–Trinajstić information content (AvgIpc) is 2.38. The quantitative estimate of drug-likeness (QED) is 0.300. The van der Waals surface area contributed by atoms with Gasteiger partial charge in [-0.25, -0.2) is 16.5 Å². The minimum Gasteiger partial charge on any atom is -0.275 e. The molecular weight excluding hydrogens is 204 g/mol. The zero-order valence-electron chi connectivity index (χ0n) is 8.68. The van der Waals surface area contributed by atoms with Gasteiger partial charge >= 0.3 is 6.03 Å². The van der Waals surface area contributed by atoms with E-state index in [0.29, 0.717) is 0 Å². The van der Waals surface area contributed by atoms with Crippen LogP contribution in [0.3, 0.4) is 0 Å². The van der Waals surface area contributed by atoms with E-state index < -0.39 is 6.03 Å². The molecule has 0 radical (unpaired) electrons. The first-order chi connectivity index (χ1) is 7.77. The molecule has 2 amide bonds. The topological polar surface area (TPSA) is 93.2 Å². The number of benzene rings is 2. The second kappa shape index (κ2) is 6.39. The number of carbonyl (C=O) groups excluding carboxylic acids is 1. The molecule has 0 spiro atoms. The normalized spacial score (nSPS) is 8.88. The van der Waals surface area contributed by atoms with E-state index in [0.717, 1.165) is 0 Å². The molecule has 0 aliphatic heterocycles. The van der Waals surface area contributed by atoms with Crippen molar-refractivity contribution < 1.29 is 4.79 Å². The Morgan fingerprint density at radius 2 is 1.12 bits per heavy atom. The predicted molar refractivity (Wildman–Crippen MR) is 64.0 cm³/mol. The minimum atomic E-state index is -0.602. The highest BCUT2D eigenvalue weighted by Crippen LogP contribution is 2.11. The van der Waals surface area contributed by atoms with E-state index >= 15 is 0 Å². The van der Waals surface area contributed by atoms with Crippen LogP contribution >= 0.6 is 0 Å². The fourth-order valence-corrected chi connectivity index (χ4v) is 1.17. The van der Waals surface area contributed by atoms with E-state index in [1.807, 2.05) is 0 Å². The standard InChI is InChI=1S/C10H8.CH6N4O/c1-2-6-10-8-4-3-7-9(10)5-1;2-4-1(6)5-3/h1-8H;2-3H2,(H2,4,5,6). The van der Waals surface area contributed by atoms with Crippen LogP contribution in [0.25, 0.3) is 10.8 Å². The lowest BCUT2D eigenvalue weighted by Gasteiger charge is -1.92. The summed E-state index contributed by atoms with van der Waals surface area (Å²) in [4.78, 5) is 9.71. The Bertz CT molecular complexity index is 387. The molecule has 84 valence electrons. The van der Waals surface area contributed by atoms with Crippen LogP contribution in [-0.2, 0) is 0 Å². The van der Waals surface area contributed by atoms with Crippen LogP contribution in [0.5, 0.6) is 0 Å². The number of rotatable bonds is 0. The van der Waals surface area contributed by atoms with Crippen LogP contribution < -0.4 is 22.5 Å². The molecule has 0 bridgehead atoms. The number of urea groups is 1. The third kappa shape index (κ3) is 3.56. The lowest BCUT2D eigenvalue weighted by atomic mass is 10.1. The molecule has 0 saturated carbocycles. The maximum absolute atomic E-state index is 9.71. The van der Waals surface area contributed by atoms with Gasteiger partial charge in [-0.1, -0.05) is 48.5 Å². The Kier molecular flexibility index (Phi) is 4.78.